The van der Waals surface area contributed by atoms with Crippen molar-refractivity contribution < 1.29 is 19.5 Å². The summed E-state index contributed by atoms with van der Waals surface area (Å²) in [5.74, 6) is -2.52. The van der Waals surface area contributed by atoms with Crippen LogP contribution >= 0.6 is 77.0 Å². The van der Waals surface area contributed by atoms with Crippen molar-refractivity contribution in [3.8, 4) is 0 Å². The van der Waals surface area contributed by atoms with E-state index in [1.807, 2.05) is 19.1 Å². The van der Waals surface area contributed by atoms with Crippen LogP contribution in [-0.2, 0) is 20.8 Å². The Hall–Kier alpha value is -0.0100. The van der Waals surface area contributed by atoms with Gasteiger partial charge in [-0.2, -0.15) is 0 Å². The molecule has 1 aliphatic rings. The number of amides is 2. The van der Waals surface area contributed by atoms with E-state index in [4.69, 9.17) is 0 Å². The molecule has 0 saturated heterocycles. The van der Waals surface area contributed by atoms with Crippen LogP contribution in [0.25, 0.3) is 0 Å². The number of carbonyl (C=O) groups excluding carboxylic acids is 2. The monoisotopic (exact) mass is 667 g/mol. The molecule has 23 heavy (non-hydrogen) atoms. The Morgan fingerprint density at radius 1 is 1.17 bits per heavy atom. The number of imide groups is 1. The first-order chi connectivity index (χ1) is 10.6. The molecule has 1 aliphatic heterocycles. The van der Waals surface area contributed by atoms with Crippen LogP contribution in [0, 0.1) is 14.1 Å². The summed E-state index contributed by atoms with van der Waals surface area (Å²) in [6.07, 6.45) is 0.0552. The van der Waals surface area contributed by atoms with E-state index in [1.165, 1.54) is 0 Å². The van der Waals surface area contributed by atoms with E-state index < -0.39 is 23.8 Å². The van der Waals surface area contributed by atoms with Crippen LogP contribution < -0.4 is 0 Å². The minimum atomic E-state index is -1.26. The standard InChI is InChI=1S/C14H9Br2I2NO4/c1-5-7(17)2-6(3-8(5)18)4-9(14(22)23)19-12(20)10(15)11(16)13(19)21/h2-3,9H,4H2,1H3,(H,22,23). The molecule has 5 nitrogen and oxygen atoms in total. The maximum Gasteiger partial charge on any atom is 0.327 e. The fourth-order valence-electron chi connectivity index (χ4n) is 2.10. The number of carboxylic acid groups (broad SMARTS) is 1. The lowest BCUT2D eigenvalue weighted by Gasteiger charge is -2.23. The summed E-state index contributed by atoms with van der Waals surface area (Å²) in [6.45, 7) is 1.98. The Bertz CT molecular complexity index is 716. The van der Waals surface area contributed by atoms with E-state index in [2.05, 4.69) is 77.0 Å². The van der Waals surface area contributed by atoms with Gasteiger partial charge >= 0.3 is 5.97 Å². The van der Waals surface area contributed by atoms with Crippen LogP contribution in [-0.4, -0.2) is 33.8 Å². The Morgan fingerprint density at radius 2 is 1.61 bits per heavy atom. The van der Waals surface area contributed by atoms with Gasteiger partial charge in [0, 0.05) is 13.6 Å². The largest absolute Gasteiger partial charge is 0.480 e. The average Bonchev–Trinajstić information content (AvgIpc) is 2.66. The van der Waals surface area contributed by atoms with Gasteiger partial charge in [-0.1, -0.05) is 0 Å². The van der Waals surface area contributed by atoms with Crippen LogP contribution in [0.2, 0.25) is 0 Å². The number of hydrogen-bond acceptors (Lipinski definition) is 3. The van der Waals surface area contributed by atoms with Gasteiger partial charge in [-0.3, -0.25) is 14.5 Å². The van der Waals surface area contributed by atoms with Crippen LogP contribution in [0.15, 0.2) is 21.1 Å². The third-order valence-corrected chi connectivity index (χ3v) is 7.62. The van der Waals surface area contributed by atoms with Gasteiger partial charge in [0.1, 0.15) is 15.0 Å². The van der Waals surface area contributed by atoms with E-state index >= 15 is 0 Å². The fourth-order valence-corrected chi connectivity index (χ4v) is 4.72. The highest BCUT2D eigenvalue weighted by molar-refractivity contribution is 14.1. The van der Waals surface area contributed by atoms with Crippen molar-refractivity contribution in [2.24, 2.45) is 0 Å². The predicted molar refractivity (Wildman–Crippen MR) is 108 cm³/mol. The van der Waals surface area contributed by atoms with Crippen LogP contribution in [0.3, 0.4) is 0 Å². The van der Waals surface area contributed by atoms with Gasteiger partial charge in [-0.15, -0.1) is 0 Å². The van der Waals surface area contributed by atoms with Crippen LogP contribution in [0.5, 0.6) is 0 Å². The molecule has 9 heteroatoms. The van der Waals surface area contributed by atoms with Crippen molar-refractivity contribution in [1.29, 1.82) is 0 Å². The van der Waals surface area contributed by atoms with E-state index in [1.54, 1.807) is 0 Å². The Kier molecular flexibility index (Phi) is 6.28. The molecular formula is C14H9Br2I2NO4. The van der Waals surface area contributed by atoms with Gasteiger partial charge in [-0.25, -0.2) is 4.79 Å². The average molecular weight is 669 g/mol. The highest BCUT2D eigenvalue weighted by Crippen LogP contribution is 2.32. The molecule has 1 atom stereocenters. The van der Waals surface area contributed by atoms with Gasteiger partial charge in [0.15, 0.2) is 0 Å². The molecule has 0 aromatic heterocycles. The molecule has 0 saturated carbocycles. The zero-order valence-electron chi connectivity index (χ0n) is 11.6. The lowest BCUT2D eigenvalue weighted by molar-refractivity contribution is -0.153. The highest BCUT2D eigenvalue weighted by atomic mass is 127. The Morgan fingerprint density at radius 3 is 2.00 bits per heavy atom. The number of rotatable bonds is 4. The summed E-state index contributed by atoms with van der Waals surface area (Å²) in [7, 11) is 0. The molecule has 1 N–H and O–H groups in total. The van der Waals surface area contributed by atoms with Gasteiger partial charge in [0.05, 0.1) is 0 Å². The van der Waals surface area contributed by atoms with Crippen molar-refractivity contribution in [3.05, 3.63) is 39.4 Å². The number of benzene rings is 1. The van der Waals surface area contributed by atoms with E-state index in [-0.39, 0.29) is 15.4 Å². The van der Waals surface area contributed by atoms with Crippen molar-refractivity contribution in [2.45, 2.75) is 19.4 Å². The maximum absolute atomic E-state index is 12.2. The molecule has 0 spiro atoms. The summed E-state index contributed by atoms with van der Waals surface area (Å²) in [6, 6.07) is 2.49. The molecule has 2 rings (SSSR count). The first-order valence-corrected chi connectivity index (χ1v) is 10.00. The lowest BCUT2D eigenvalue weighted by Crippen LogP contribution is -2.46. The number of nitrogens with zero attached hydrogens (tertiary/aromatic N) is 1. The molecular weight excluding hydrogens is 660 g/mol. The molecule has 1 heterocycles. The SMILES string of the molecule is Cc1c(I)cc(CC(C(=O)O)N2C(=O)C(Br)=C(Br)C2=O)cc1I. The zero-order chi connectivity index (χ0) is 17.5. The van der Waals surface area contributed by atoms with E-state index in [9.17, 15) is 19.5 Å². The number of aliphatic carboxylic acids is 1. The summed E-state index contributed by atoms with van der Waals surface area (Å²) in [4.78, 5) is 36.7. The third kappa shape index (κ3) is 3.82. The number of carboxylic acids is 1. The predicted octanol–water partition coefficient (Wildman–Crippen LogP) is 3.57. The summed E-state index contributed by atoms with van der Waals surface area (Å²) < 4.78 is 2.10. The first-order valence-electron chi connectivity index (χ1n) is 6.25. The lowest BCUT2D eigenvalue weighted by atomic mass is 10.0. The molecule has 0 bridgehead atoms. The minimum absolute atomic E-state index is 0.0433. The molecule has 1 aromatic rings. The quantitative estimate of drug-likeness (QED) is 0.394. The van der Waals surface area contributed by atoms with Gasteiger partial charge in [0.2, 0.25) is 0 Å². The summed E-state index contributed by atoms with van der Waals surface area (Å²) in [5, 5.41) is 9.50. The van der Waals surface area contributed by atoms with Gasteiger partial charge in [-0.05, 0) is 107 Å². The Balaban J connectivity index is 2.37. The van der Waals surface area contributed by atoms with Crippen molar-refractivity contribution >= 4 is 94.8 Å². The molecule has 2 amide bonds. The first kappa shape index (κ1) is 19.3. The number of halogens is 4. The zero-order valence-corrected chi connectivity index (χ0v) is 19.1. The molecule has 1 unspecified atom stereocenters. The second kappa shape index (κ2) is 7.48. The second-order valence-corrected chi connectivity index (χ2v) is 8.76. The molecule has 122 valence electrons. The molecule has 0 aliphatic carbocycles. The van der Waals surface area contributed by atoms with E-state index in [0.29, 0.717) is 0 Å². The molecule has 0 radical (unpaired) electrons. The van der Waals surface area contributed by atoms with Crippen LogP contribution in [0.1, 0.15) is 11.1 Å². The van der Waals surface area contributed by atoms with Crippen molar-refractivity contribution in [2.75, 3.05) is 0 Å². The normalized spacial score (nSPS) is 16.3. The fraction of sp³-hybridized carbons (Fsp3) is 0.214. The number of hydrogen-bond donors (Lipinski definition) is 1. The highest BCUT2D eigenvalue weighted by Gasteiger charge is 2.43. The third-order valence-electron chi connectivity index (χ3n) is 3.37. The van der Waals surface area contributed by atoms with E-state index in [0.717, 1.165) is 23.2 Å². The topological polar surface area (TPSA) is 74.7 Å². The van der Waals surface area contributed by atoms with Crippen molar-refractivity contribution in [3.63, 3.8) is 0 Å². The second-order valence-electron chi connectivity index (χ2n) is 4.85. The molecule has 0 fully saturated rings. The number of carbonyl (C=O) groups is 3. The van der Waals surface area contributed by atoms with Crippen LogP contribution in [0.4, 0.5) is 0 Å². The smallest absolute Gasteiger partial charge is 0.327 e. The Labute approximate surface area is 176 Å². The molecule has 1 aromatic carbocycles. The van der Waals surface area contributed by atoms with Gasteiger partial charge < -0.3 is 5.11 Å². The summed E-state index contributed by atoms with van der Waals surface area (Å²) in [5.41, 5.74) is 1.87. The van der Waals surface area contributed by atoms with Gasteiger partial charge in [0.25, 0.3) is 11.8 Å². The minimum Gasteiger partial charge on any atom is -0.480 e. The van der Waals surface area contributed by atoms with Crippen molar-refractivity contribution in [1.82, 2.24) is 4.90 Å². The maximum atomic E-state index is 12.2. The summed E-state index contributed by atoms with van der Waals surface area (Å²) >= 11 is 10.4.